The van der Waals surface area contributed by atoms with Crippen LogP contribution in [0.25, 0.3) is 0 Å². The molecule has 6 heteroatoms. The Bertz CT molecular complexity index is 516. The van der Waals surface area contributed by atoms with Gasteiger partial charge in [0.05, 0.1) is 9.50 Å². The standard InChI is InChI=1S/C11H5BrClF2NS/c12-8-3-6(13)5-16-11(8)17-10-2-1-7(14)4-9(10)15/h1-5H. The van der Waals surface area contributed by atoms with Crippen molar-refractivity contribution in [2.75, 3.05) is 0 Å². The highest BCUT2D eigenvalue weighted by Crippen LogP contribution is 2.34. The zero-order valence-electron chi connectivity index (χ0n) is 8.25. The quantitative estimate of drug-likeness (QED) is 0.771. The van der Waals surface area contributed by atoms with Crippen LogP contribution in [0.5, 0.6) is 0 Å². The Balaban J connectivity index is 2.31. The van der Waals surface area contributed by atoms with Gasteiger partial charge in [0.15, 0.2) is 0 Å². The van der Waals surface area contributed by atoms with E-state index in [0.717, 1.165) is 17.8 Å². The molecule has 0 atom stereocenters. The maximum atomic E-state index is 13.4. The zero-order valence-corrected chi connectivity index (χ0v) is 11.4. The first kappa shape index (κ1) is 12.8. The molecule has 1 nitrogen and oxygen atoms in total. The highest BCUT2D eigenvalue weighted by molar-refractivity contribution is 9.10. The van der Waals surface area contributed by atoms with Crippen LogP contribution in [0.4, 0.5) is 8.78 Å². The molecular weight excluding hydrogens is 332 g/mol. The van der Waals surface area contributed by atoms with Crippen molar-refractivity contribution in [1.29, 1.82) is 0 Å². The number of hydrogen-bond donors (Lipinski definition) is 0. The van der Waals surface area contributed by atoms with Gasteiger partial charge in [-0.1, -0.05) is 23.4 Å². The normalized spacial score (nSPS) is 10.6. The Morgan fingerprint density at radius 3 is 2.65 bits per heavy atom. The van der Waals surface area contributed by atoms with Crippen molar-refractivity contribution in [2.45, 2.75) is 9.92 Å². The third kappa shape index (κ3) is 3.18. The van der Waals surface area contributed by atoms with Crippen LogP contribution < -0.4 is 0 Å². The molecule has 0 fully saturated rings. The molecule has 0 amide bonds. The van der Waals surface area contributed by atoms with Gasteiger partial charge in [-0.3, -0.25) is 0 Å². The smallest absolute Gasteiger partial charge is 0.140 e. The van der Waals surface area contributed by atoms with Crippen LogP contribution >= 0.6 is 39.3 Å². The second-order valence-corrected chi connectivity index (χ2v) is 5.44. The van der Waals surface area contributed by atoms with Gasteiger partial charge in [-0.25, -0.2) is 13.8 Å². The lowest BCUT2D eigenvalue weighted by Gasteiger charge is -2.04. The van der Waals surface area contributed by atoms with Crippen molar-refractivity contribution < 1.29 is 8.78 Å². The summed E-state index contributed by atoms with van der Waals surface area (Å²) in [4.78, 5) is 4.37. The van der Waals surface area contributed by atoms with Crippen LogP contribution in [0.3, 0.4) is 0 Å². The Morgan fingerprint density at radius 2 is 2.00 bits per heavy atom. The SMILES string of the molecule is Fc1ccc(Sc2ncc(Cl)cc2Br)c(F)c1. The average molecular weight is 337 g/mol. The van der Waals surface area contributed by atoms with Crippen molar-refractivity contribution in [3.8, 4) is 0 Å². The molecule has 0 spiro atoms. The maximum Gasteiger partial charge on any atom is 0.140 e. The third-order valence-electron chi connectivity index (χ3n) is 1.87. The van der Waals surface area contributed by atoms with Crippen molar-refractivity contribution in [2.24, 2.45) is 0 Å². The molecule has 0 aliphatic rings. The van der Waals surface area contributed by atoms with Crippen molar-refractivity contribution >= 4 is 39.3 Å². The van der Waals surface area contributed by atoms with E-state index < -0.39 is 11.6 Å². The van der Waals surface area contributed by atoms with Gasteiger partial charge in [-0.2, -0.15) is 0 Å². The van der Waals surface area contributed by atoms with E-state index in [4.69, 9.17) is 11.6 Å². The zero-order chi connectivity index (χ0) is 12.4. The fourth-order valence-electron chi connectivity index (χ4n) is 1.14. The van der Waals surface area contributed by atoms with E-state index in [1.54, 1.807) is 6.07 Å². The molecule has 0 N–H and O–H groups in total. The summed E-state index contributed by atoms with van der Waals surface area (Å²) < 4.78 is 26.8. The molecule has 0 unspecified atom stereocenters. The minimum atomic E-state index is -0.612. The molecule has 0 aliphatic carbocycles. The van der Waals surface area contributed by atoms with Crippen molar-refractivity contribution in [1.82, 2.24) is 4.98 Å². The number of hydrogen-bond acceptors (Lipinski definition) is 2. The van der Waals surface area contributed by atoms with E-state index in [0.29, 0.717) is 19.4 Å². The minimum Gasteiger partial charge on any atom is -0.247 e. The first-order valence-corrected chi connectivity index (χ1v) is 6.49. The monoisotopic (exact) mass is 335 g/mol. The van der Waals surface area contributed by atoms with E-state index in [1.807, 2.05) is 0 Å². The van der Waals surface area contributed by atoms with Crippen LogP contribution in [-0.2, 0) is 0 Å². The van der Waals surface area contributed by atoms with Gasteiger partial charge in [0.2, 0.25) is 0 Å². The fraction of sp³-hybridized carbons (Fsp3) is 0. The van der Waals surface area contributed by atoms with Crippen LogP contribution in [0.1, 0.15) is 0 Å². The molecule has 1 aromatic carbocycles. The summed E-state index contributed by atoms with van der Waals surface area (Å²) >= 11 is 10.1. The second-order valence-electron chi connectivity index (χ2n) is 3.12. The Morgan fingerprint density at radius 1 is 1.24 bits per heavy atom. The number of halogens is 4. The minimum absolute atomic E-state index is 0.307. The highest BCUT2D eigenvalue weighted by atomic mass is 79.9. The number of aromatic nitrogens is 1. The van der Waals surface area contributed by atoms with Gasteiger partial charge in [0.25, 0.3) is 0 Å². The summed E-state index contributed by atoms with van der Waals surface area (Å²) in [6.45, 7) is 0. The molecule has 0 bridgehead atoms. The molecular formula is C11H5BrClF2NS. The molecule has 2 aromatic rings. The van der Waals surface area contributed by atoms with E-state index in [1.165, 1.54) is 18.3 Å². The Hall–Kier alpha value is -0.650. The van der Waals surface area contributed by atoms with Crippen molar-refractivity contribution in [3.63, 3.8) is 0 Å². The summed E-state index contributed by atoms with van der Waals surface area (Å²) in [5.74, 6) is -1.21. The molecule has 0 aliphatic heterocycles. The second kappa shape index (κ2) is 5.33. The average Bonchev–Trinajstić information content (AvgIpc) is 2.25. The molecule has 1 aromatic heterocycles. The summed E-state index contributed by atoms with van der Waals surface area (Å²) in [7, 11) is 0. The summed E-state index contributed by atoms with van der Waals surface area (Å²) in [6, 6.07) is 5.08. The van der Waals surface area contributed by atoms with E-state index >= 15 is 0 Å². The predicted octanol–water partition coefficient (Wildman–Crippen LogP) is 4.93. The lowest BCUT2D eigenvalue weighted by molar-refractivity contribution is 0.565. The molecule has 88 valence electrons. The van der Waals surface area contributed by atoms with Gasteiger partial charge in [0, 0.05) is 17.2 Å². The first-order valence-electron chi connectivity index (χ1n) is 4.50. The summed E-state index contributed by atoms with van der Waals surface area (Å²) in [5.41, 5.74) is 0. The number of benzene rings is 1. The van der Waals surface area contributed by atoms with E-state index in [-0.39, 0.29) is 0 Å². The molecule has 17 heavy (non-hydrogen) atoms. The number of pyridine rings is 1. The highest BCUT2D eigenvalue weighted by Gasteiger charge is 2.09. The van der Waals surface area contributed by atoms with Crippen LogP contribution in [0.2, 0.25) is 5.02 Å². The summed E-state index contributed by atoms with van der Waals surface area (Å²) in [5, 5.41) is 1.06. The van der Waals surface area contributed by atoms with Crippen LogP contribution in [0.15, 0.2) is 44.9 Å². The summed E-state index contributed by atoms with van der Waals surface area (Å²) in [6.07, 6.45) is 1.47. The van der Waals surface area contributed by atoms with Gasteiger partial charge in [-0.15, -0.1) is 0 Å². The maximum absolute atomic E-state index is 13.4. The number of nitrogens with zero attached hydrogens (tertiary/aromatic N) is 1. The fourth-order valence-corrected chi connectivity index (χ4v) is 2.78. The lowest BCUT2D eigenvalue weighted by atomic mass is 10.3. The largest absolute Gasteiger partial charge is 0.247 e. The Kier molecular flexibility index (Phi) is 4.01. The number of rotatable bonds is 2. The Labute approximate surface area is 114 Å². The van der Waals surface area contributed by atoms with Gasteiger partial charge in [-0.05, 0) is 34.1 Å². The van der Waals surface area contributed by atoms with Gasteiger partial charge in [0.1, 0.15) is 16.7 Å². The lowest BCUT2D eigenvalue weighted by Crippen LogP contribution is -1.86. The van der Waals surface area contributed by atoms with Gasteiger partial charge >= 0.3 is 0 Å². The molecule has 0 saturated heterocycles. The third-order valence-corrected chi connectivity index (χ3v) is 4.02. The van der Waals surface area contributed by atoms with Crippen LogP contribution in [-0.4, -0.2) is 4.98 Å². The molecule has 0 saturated carbocycles. The predicted molar refractivity (Wildman–Crippen MR) is 67.4 cm³/mol. The topological polar surface area (TPSA) is 12.9 Å². The molecule has 1 heterocycles. The van der Waals surface area contributed by atoms with E-state index in [9.17, 15) is 8.78 Å². The van der Waals surface area contributed by atoms with E-state index in [2.05, 4.69) is 20.9 Å². The van der Waals surface area contributed by atoms with Gasteiger partial charge < -0.3 is 0 Å². The first-order chi connectivity index (χ1) is 8.06. The molecule has 0 radical (unpaired) electrons. The molecule has 2 rings (SSSR count). The van der Waals surface area contributed by atoms with Crippen molar-refractivity contribution in [3.05, 3.63) is 51.6 Å². The van der Waals surface area contributed by atoms with Crippen LogP contribution in [0, 0.1) is 11.6 Å².